The first-order valence-corrected chi connectivity index (χ1v) is 7.11. The zero-order valence-electron chi connectivity index (χ0n) is 12.0. The number of anilines is 1. The van der Waals surface area contributed by atoms with Gasteiger partial charge in [-0.3, -0.25) is 9.69 Å². The summed E-state index contributed by atoms with van der Waals surface area (Å²) in [6.07, 6.45) is 1.92. The SMILES string of the molecule is N#CCCN(CCN1CCOCC1)C(=O)c1cc(N)c[nH]1. The second-order valence-corrected chi connectivity index (χ2v) is 5.00. The number of nitriles is 1. The Morgan fingerprint density at radius 1 is 1.48 bits per heavy atom. The molecule has 2 rings (SSSR count). The van der Waals surface area contributed by atoms with E-state index >= 15 is 0 Å². The molecule has 0 saturated carbocycles. The zero-order chi connectivity index (χ0) is 15.1. The number of hydrogen-bond acceptors (Lipinski definition) is 5. The van der Waals surface area contributed by atoms with Crippen LogP contribution in [0.2, 0.25) is 0 Å². The lowest BCUT2D eigenvalue weighted by Crippen LogP contribution is -2.43. The molecule has 2 heterocycles. The van der Waals surface area contributed by atoms with Gasteiger partial charge in [-0.1, -0.05) is 0 Å². The second-order valence-electron chi connectivity index (χ2n) is 5.00. The quantitative estimate of drug-likeness (QED) is 0.784. The predicted molar refractivity (Wildman–Crippen MR) is 78.6 cm³/mol. The Morgan fingerprint density at radius 3 is 2.86 bits per heavy atom. The first kappa shape index (κ1) is 15.4. The smallest absolute Gasteiger partial charge is 0.270 e. The molecule has 1 aromatic rings. The fraction of sp³-hybridized carbons (Fsp3) is 0.571. The number of aromatic nitrogens is 1. The minimum atomic E-state index is -0.116. The zero-order valence-corrected chi connectivity index (χ0v) is 12.0. The maximum absolute atomic E-state index is 12.4. The van der Waals surface area contributed by atoms with Gasteiger partial charge in [0.05, 0.1) is 25.7 Å². The molecule has 0 bridgehead atoms. The summed E-state index contributed by atoms with van der Waals surface area (Å²) in [7, 11) is 0. The number of nitrogens with zero attached hydrogens (tertiary/aromatic N) is 3. The molecular formula is C14H21N5O2. The molecule has 0 unspecified atom stereocenters. The number of morpholine rings is 1. The van der Waals surface area contributed by atoms with Crippen molar-refractivity contribution >= 4 is 11.6 Å². The van der Waals surface area contributed by atoms with Gasteiger partial charge < -0.3 is 20.4 Å². The molecule has 21 heavy (non-hydrogen) atoms. The van der Waals surface area contributed by atoms with Crippen molar-refractivity contribution in [3.63, 3.8) is 0 Å². The summed E-state index contributed by atoms with van der Waals surface area (Å²) >= 11 is 0. The summed E-state index contributed by atoms with van der Waals surface area (Å²) in [6, 6.07) is 3.71. The molecule has 114 valence electrons. The van der Waals surface area contributed by atoms with Gasteiger partial charge in [-0.2, -0.15) is 5.26 Å². The lowest BCUT2D eigenvalue weighted by atomic mass is 10.3. The largest absolute Gasteiger partial charge is 0.397 e. The van der Waals surface area contributed by atoms with Gasteiger partial charge in [0.2, 0.25) is 0 Å². The number of aromatic amines is 1. The molecule has 3 N–H and O–H groups in total. The van der Waals surface area contributed by atoms with E-state index in [4.69, 9.17) is 15.7 Å². The van der Waals surface area contributed by atoms with Gasteiger partial charge >= 0.3 is 0 Å². The average molecular weight is 291 g/mol. The number of H-pyrrole nitrogens is 1. The summed E-state index contributed by atoms with van der Waals surface area (Å²) in [5.41, 5.74) is 6.63. The van der Waals surface area contributed by atoms with Crippen LogP contribution in [0.25, 0.3) is 0 Å². The molecule has 0 atom stereocenters. The minimum Gasteiger partial charge on any atom is -0.397 e. The Balaban J connectivity index is 1.93. The summed E-state index contributed by atoms with van der Waals surface area (Å²) in [4.78, 5) is 19.3. The lowest BCUT2D eigenvalue weighted by molar-refractivity contribution is 0.0325. The van der Waals surface area contributed by atoms with E-state index in [9.17, 15) is 4.79 Å². The Bertz CT molecular complexity index is 502. The van der Waals surface area contributed by atoms with E-state index in [1.165, 1.54) is 0 Å². The first-order valence-electron chi connectivity index (χ1n) is 7.11. The van der Waals surface area contributed by atoms with Crippen molar-refractivity contribution < 1.29 is 9.53 Å². The Labute approximate surface area is 124 Å². The molecule has 7 heteroatoms. The fourth-order valence-corrected chi connectivity index (χ4v) is 2.29. The van der Waals surface area contributed by atoms with Gasteiger partial charge in [0, 0.05) is 44.6 Å². The third-order valence-corrected chi connectivity index (χ3v) is 3.51. The van der Waals surface area contributed by atoms with E-state index in [0.717, 1.165) is 32.8 Å². The molecule has 0 radical (unpaired) electrons. The van der Waals surface area contributed by atoms with Crippen LogP contribution in [0.4, 0.5) is 5.69 Å². The van der Waals surface area contributed by atoms with Crippen molar-refractivity contribution in [1.29, 1.82) is 5.26 Å². The molecule has 1 aliphatic rings. The molecule has 7 nitrogen and oxygen atoms in total. The van der Waals surface area contributed by atoms with Crippen molar-refractivity contribution in [2.45, 2.75) is 6.42 Å². The van der Waals surface area contributed by atoms with Gasteiger partial charge in [-0.15, -0.1) is 0 Å². The highest BCUT2D eigenvalue weighted by Crippen LogP contribution is 2.09. The normalized spacial score (nSPS) is 15.6. The van der Waals surface area contributed by atoms with Gasteiger partial charge in [0.15, 0.2) is 0 Å². The van der Waals surface area contributed by atoms with Crippen LogP contribution < -0.4 is 5.73 Å². The van der Waals surface area contributed by atoms with E-state index in [1.54, 1.807) is 17.2 Å². The van der Waals surface area contributed by atoms with Crippen molar-refractivity contribution in [2.75, 3.05) is 51.7 Å². The molecule has 0 aliphatic carbocycles. The summed E-state index contributed by atoms with van der Waals surface area (Å²) < 4.78 is 5.31. The van der Waals surface area contributed by atoms with Crippen LogP contribution in [-0.4, -0.2) is 66.6 Å². The van der Waals surface area contributed by atoms with Crippen LogP contribution >= 0.6 is 0 Å². The Hall–Kier alpha value is -2.04. The highest BCUT2D eigenvalue weighted by atomic mass is 16.5. The van der Waals surface area contributed by atoms with Crippen molar-refractivity contribution in [3.8, 4) is 6.07 Å². The van der Waals surface area contributed by atoms with E-state index in [1.807, 2.05) is 0 Å². The van der Waals surface area contributed by atoms with Gasteiger partial charge in [-0.05, 0) is 6.07 Å². The topological polar surface area (TPSA) is 98.4 Å². The number of ether oxygens (including phenoxy) is 1. The number of nitrogens with two attached hydrogens (primary N) is 1. The number of carbonyl (C=O) groups excluding carboxylic acids is 1. The van der Waals surface area contributed by atoms with Crippen molar-refractivity contribution in [1.82, 2.24) is 14.8 Å². The Morgan fingerprint density at radius 2 is 2.24 bits per heavy atom. The number of hydrogen-bond donors (Lipinski definition) is 2. The van der Waals surface area contributed by atoms with Crippen molar-refractivity contribution in [3.05, 3.63) is 18.0 Å². The minimum absolute atomic E-state index is 0.116. The second kappa shape index (κ2) is 7.67. The summed E-state index contributed by atoms with van der Waals surface area (Å²) in [5.74, 6) is -0.116. The third-order valence-electron chi connectivity index (χ3n) is 3.51. The van der Waals surface area contributed by atoms with Crippen LogP contribution in [0, 0.1) is 11.3 Å². The molecule has 1 fully saturated rings. The number of carbonyl (C=O) groups is 1. The first-order chi connectivity index (χ1) is 10.2. The summed E-state index contributed by atoms with van der Waals surface area (Å²) in [6.45, 7) is 5.05. The van der Waals surface area contributed by atoms with Gasteiger partial charge in [0.1, 0.15) is 5.69 Å². The standard InChI is InChI=1S/C14H21N5O2/c15-2-1-3-19(5-4-18-6-8-21-9-7-18)14(20)13-10-12(16)11-17-13/h10-11,17H,1,3-9,16H2. The number of amides is 1. The highest BCUT2D eigenvalue weighted by Gasteiger charge is 2.19. The molecule has 0 aromatic carbocycles. The van der Waals surface area contributed by atoms with E-state index in [0.29, 0.717) is 30.9 Å². The maximum atomic E-state index is 12.4. The lowest BCUT2D eigenvalue weighted by Gasteiger charge is -2.29. The monoisotopic (exact) mass is 291 g/mol. The van der Waals surface area contributed by atoms with Crippen LogP contribution in [-0.2, 0) is 4.74 Å². The van der Waals surface area contributed by atoms with Crippen LogP contribution in [0.5, 0.6) is 0 Å². The molecule has 1 aliphatic heterocycles. The highest BCUT2D eigenvalue weighted by molar-refractivity contribution is 5.93. The maximum Gasteiger partial charge on any atom is 0.270 e. The van der Waals surface area contributed by atoms with Crippen LogP contribution in [0.3, 0.4) is 0 Å². The predicted octanol–water partition coefficient (Wildman–Crippen LogP) is 0.285. The van der Waals surface area contributed by atoms with Gasteiger partial charge in [0.25, 0.3) is 5.91 Å². The third kappa shape index (κ3) is 4.48. The van der Waals surface area contributed by atoms with E-state index in [2.05, 4.69) is 16.0 Å². The van der Waals surface area contributed by atoms with E-state index < -0.39 is 0 Å². The molecular weight excluding hydrogens is 270 g/mol. The Kier molecular flexibility index (Phi) is 5.60. The van der Waals surface area contributed by atoms with E-state index in [-0.39, 0.29) is 5.91 Å². The van der Waals surface area contributed by atoms with Crippen LogP contribution in [0.1, 0.15) is 16.9 Å². The molecule has 1 aromatic heterocycles. The van der Waals surface area contributed by atoms with Crippen molar-refractivity contribution in [2.24, 2.45) is 0 Å². The fourth-order valence-electron chi connectivity index (χ4n) is 2.29. The number of rotatable bonds is 6. The molecule has 1 amide bonds. The average Bonchev–Trinajstić information content (AvgIpc) is 2.94. The molecule has 0 spiro atoms. The summed E-state index contributed by atoms with van der Waals surface area (Å²) in [5, 5.41) is 8.75. The molecule has 1 saturated heterocycles. The van der Waals surface area contributed by atoms with Crippen LogP contribution in [0.15, 0.2) is 12.3 Å². The number of nitrogen functional groups attached to an aromatic ring is 1. The number of nitrogens with one attached hydrogen (secondary N) is 1. The van der Waals surface area contributed by atoms with Gasteiger partial charge in [-0.25, -0.2) is 0 Å².